The van der Waals surface area contributed by atoms with E-state index in [4.69, 9.17) is 37.0 Å². The van der Waals surface area contributed by atoms with Crippen LogP contribution in [0.25, 0.3) is 0 Å². The summed E-state index contributed by atoms with van der Waals surface area (Å²) in [6.45, 7) is 4.81. The number of phosphoric ester groups is 2. The second kappa shape index (κ2) is 73.8. The van der Waals surface area contributed by atoms with Crippen LogP contribution < -0.4 is 0 Å². The number of carbonyl (C=O) groups is 4. The van der Waals surface area contributed by atoms with Crippen molar-refractivity contribution in [2.24, 2.45) is 0 Å². The third-order valence-corrected chi connectivity index (χ3v) is 19.0. The molecular formula is C81H146O17P2. The molecule has 582 valence electrons. The van der Waals surface area contributed by atoms with Gasteiger partial charge in [-0.2, -0.15) is 0 Å². The van der Waals surface area contributed by atoms with E-state index in [-0.39, 0.29) is 25.7 Å². The van der Waals surface area contributed by atoms with E-state index < -0.39 is 97.5 Å². The number of phosphoric acid groups is 2. The Morgan fingerprint density at radius 1 is 0.280 bits per heavy atom. The van der Waals surface area contributed by atoms with Gasteiger partial charge in [0.1, 0.15) is 19.3 Å². The average Bonchev–Trinajstić information content (AvgIpc) is 1.13. The first-order chi connectivity index (χ1) is 48.7. The number of rotatable bonds is 76. The van der Waals surface area contributed by atoms with E-state index >= 15 is 0 Å². The van der Waals surface area contributed by atoms with Crippen LogP contribution in [-0.4, -0.2) is 96.7 Å². The molecule has 0 aliphatic heterocycles. The maximum absolute atomic E-state index is 13.1. The second-order valence-electron chi connectivity index (χ2n) is 27.0. The van der Waals surface area contributed by atoms with Crippen LogP contribution >= 0.6 is 15.6 Å². The van der Waals surface area contributed by atoms with E-state index in [1.807, 2.05) is 12.2 Å². The van der Waals surface area contributed by atoms with Crippen molar-refractivity contribution in [3.63, 3.8) is 0 Å². The van der Waals surface area contributed by atoms with Gasteiger partial charge in [0.25, 0.3) is 0 Å². The molecule has 3 N–H and O–H groups in total. The lowest BCUT2D eigenvalue weighted by atomic mass is 10.0. The molecule has 19 heteroatoms. The minimum Gasteiger partial charge on any atom is -0.462 e. The number of aliphatic hydroxyl groups excluding tert-OH is 1. The third-order valence-electron chi connectivity index (χ3n) is 17.1. The molecule has 0 aliphatic carbocycles. The molecule has 0 spiro atoms. The number of aliphatic hydroxyl groups is 1. The Bertz CT molecular complexity index is 2180. The van der Waals surface area contributed by atoms with Gasteiger partial charge >= 0.3 is 39.5 Å². The Labute approximate surface area is 609 Å². The molecule has 0 radical (unpaired) electrons. The van der Waals surface area contributed by atoms with Crippen LogP contribution in [0.5, 0.6) is 0 Å². The quantitative estimate of drug-likeness (QED) is 0.0169. The number of esters is 4. The number of unbranched alkanes of at least 4 members (excludes halogenated alkanes) is 38. The van der Waals surface area contributed by atoms with Crippen LogP contribution in [-0.2, 0) is 65.4 Å². The first-order valence-electron chi connectivity index (χ1n) is 40.2. The lowest BCUT2D eigenvalue weighted by Crippen LogP contribution is -2.30. The molecule has 0 bridgehead atoms. The molecule has 0 amide bonds. The number of hydrogen-bond acceptors (Lipinski definition) is 15. The van der Waals surface area contributed by atoms with E-state index in [0.717, 1.165) is 122 Å². The number of carbonyl (C=O) groups excluding carboxylic acids is 4. The molecule has 0 aromatic heterocycles. The maximum atomic E-state index is 13.1. The molecule has 5 atom stereocenters. The lowest BCUT2D eigenvalue weighted by Gasteiger charge is -2.21. The van der Waals surface area contributed by atoms with Gasteiger partial charge < -0.3 is 33.8 Å². The highest BCUT2D eigenvalue weighted by molar-refractivity contribution is 7.47. The number of hydrogen-bond donors (Lipinski definition) is 3. The van der Waals surface area contributed by atoms with Crippen molar-refractivity contribution in [3.05, 3.63) is 72.9 Å². The second-order valence-corrected chi connectivity index (χ2v) is 29.9. The van der Waals surface area contributed by atoms with Gasteiger partial charge in [-0.15, -0.1) is 0 Å². The summed E-state index contributed by atoms with van der Waals surface area (Å²) in [5, 5.41) is 10.6. The van der Waals surface area contributed by atoms with E-state index in [1.165, 1.54) is 154 Å². The summed E-state index contributed by atoms with van der Waals surface area (Å²) in [6, 6.07) is 0. The number of allylic oxidation sites excluding steroid dienone is 12. The molecule has 0 heterocycles. The topological polar surface area (TPSA) is 237 Å². The van der Waals surface area contributed by atoms with Crippen molar-refractivity contribution < 1.29 is 80.2 Å². The molecule has 0 aliphatic rings. The van der Waals surface area contributed by atoms with Crippen molar-refractivity contribution in [1.29, 1.82) is 0 Å². The normalized spacial score (nSPS) is 14.3. The Balaban J connectivity index is 5.39. The summed E-state index contributed by atoms with van der Waals surface area (Å²) in [6.07, 6.45) is 74.6. The largest absolute Gasteiger partial charge is 0.472 e. The smallest absolute Gasteiger partial charge is 0.462 e. The SMILES string of the molecule is CCCCC/C=C\C/C=C\C/C=C\C/C=C\CCCC(=O)O[C@H](COC(=O)CCCCCCCCCCCCCCC)COP(=O)(O)OC[C@@H](O)COP(=O)(O)OC[C@@H](COC(=O)CCCCCCC/C=C\CCCCCCCC)OC(=O)CCCCCCC/C=C\CCCCCCCC. The fourth-order valence-corrected chi connectivity index (χ4v) is 12.5. The number of ether oxygens (including phenoxy) is 4. The van der Waals surface area contributed by atoms with Gasteiger partial charge in [0.05, 0.1) is 26.4 Å². The molecule has 0 saturated heterocycles. The van der Waals surface area contributed by atoms with Crippen LogP contribution in [0, 0.1) is 0 Å². The Morgan fingerprint density at radius 3 is 0.820 bits per heavy atom. The zero-order valence-electron chi connectivity index (χ0n) is 63.6. The van der Waals surface area contributed by atoms with Gasteiger partial charge in [0.2, 0.25) is 0 Å². The lowest BCUT2D eigenvalue weighted by molar-refractivity contribution is -0.161. The first kappa shape index (κ1) is 96.5. The zero-order valence-corrected chi connectivity index (χ0v) is 65.4. The third kappa shape index (κ3) is 72.8. The van der Waals surface area contributed by atoms with Crippen LogP contribution in [0.4, 0.5) is 0 Å². The minimum atomic E-state index is -4.98. The zero-order chi connectivity index (χ0) is 73.2. The minimum absolute atomic E-state index is 0.0228. The van der Waals surface area contributed by atoms with E-state index in [0.29, 0.717) is 32.1 Å². The van der Waals surface area contributed by atoms with Crippen LogP contribution in [0.2, 0.25) is 0 Å². The maximum Gasteiger partial charge on any atom is 0.472 e. The monoisotopic (exact) mass is 1450 g/mol. The molecular weight excluding hydrogens is 1310 g/mol. The Morgan fingerprint density at radius 2 is 0.500 bits per heavy atom. The summed E-state index contributed by atoms with van der Waals surface area (Å²) < 4.78 is 68.5. The molecule has 0 saturated carbocycles. The van der Waals surface area contributed by atoms with Crippen molar-refractivity contribution in [1.82, 2.24) is 0 Å². The molecule has 2 unspecified atom stereocenters. The van der Waals surface area contributed by atoms with E-state index in [9.17, 15) is 43.2 Å². The summed E-state index contributed by atoms with van der Waals surface area (Å²) in [5.41, 5.74) is 0. The molecule has 100 heavy (non-hydrogen) atoms. The van der Waals surface area contributed by atoms with Crippen LogP contribution in [0.1, 0.15) is 362 Å². The predicted octanol–water partition coefficient (Wildman–Crippen LogP) is 23.2. The molecule has 17 nitrogen and oxygen atoms in total. The van der Waals surface area contributed by atoms with Crippen molar-refractivity contribution in [2.75, 3.05) is 39.6 Å². The van der Waals surface area contributed by atoms with Crippen molar-refractivity contribution >= 4 is 39.5 Å². The van der Waals surface area contributed by atoms with Crippen LogP contribution in [0.15, 0.2) is 72.9 Å². The van der Waals surface area contributed by atoms with Gasteiger partial charge in [-0.25, -0.2) is 9.13 Å². The first-order valence-corrected chi connectivity index (χ1v) is 43.2. The Hall–Kier alpha value is -3.50. The summed E-state index contributed by atoms with van der Waals surface area (Å²) in [4.78, 5) is 72.9. The van der Waals surface area contributed by atoms with E-state index in [1.54, 1.807) is 0 Å². The predicted molar refractivity (Wildman–Crippen MR) is 409 cm³/mol. The summed E-state index contributed by atoms with van der Waals surface area (Å²) >= 11 is 0. The van der Waals surface area contributed by atoms with E-state index in [2.05, 4.69) is 88.5 Å². The summed E-state index contributed by atoms with van der Waals surface area (Å²) in [7, 11) is -9.96. The molecule has 0 aromatic carbocycles. The van der Waals surface area contributed by atoms with Crippen LogP contribution in [0.3, 0.4) is 0 Å². The van der Waals surface area contributed by atoms with Gasteiger partial charge in [0, 0.05) is 25.7 Å². The molecule has 0 aromatic rings. The van der Waals surface area contributed by atoms with Gasteiger partial charge in [0.15, 0.2) is 12.2 Å². The van der Waals surface area contributed by atoms with Crippen molar-refractivity contribution in [3.8, 4) is 0 Å². The van der Waals surface area contributed by atoms with Gasteiger partial charge in [-0.3, -0.25) is 37.3 Å². The summed E-state index contributed by atoms with van der Waals surface area (Å²) in [5.74, 6) is -2.23. The fraction of sp³-hybridized carbons (Fsp3) is 0.802. The highest BCUT2D eigenvalue weighted by Gasteiger charge is 2.30. The molecule has 0 rings (SSSR count). The van der Waals surface area contributed by atoms with Gasteiger partial charge in [-0.05, 0) is 116 Å². The highest BCUT2D eigenvalue weighted by Crippen LogP contribution is 2.45. The highest BCUT2D eigenvalue weighted by atomic mass is 31.2. The standard InChI is InChI=1S/C81H146O17P2/c1-5-9-13-17-21-25-29-33-36-37-40-44-48-52-56-60-64-68-81(86)98-76(71-91-78(83)65-61-57-53-49-45-41-32-28-24-20-16-12-8-4)73-95-99(87,88)93-69-75(82)70-94-100(89,90)96-74-77(97-80(85)67-63-59-55-51-47-43-39-35-31-27-23-19-15-11-7-3)72-92-79(84)66-62-58-54-50-46-42-38-34-30-26-22-18-14-10-6-2/h21,25,33-36,38-40,44,52,56,75-77,82H,5-20,22-24,26-32,37,41-43,45-51,53-55,57-74H2,1-4H3,(H,87,88)(H,89,90)/b25-21-,36-33-,38-34-,39-35-,44-40-,56-52-/t75-,76-,77-/m1/s1. The average molecular weight is 1450 g/mol. The fourth-order valence-electron chi connectivity index (χ4n) is 11.0. The van der Waals surface area contributed by atoms with Gasteiger partial charge in [-0.1, -0.05) is 293 Å². The van der Waals surface area contributed by atoms with Crippen molar-refractivity contribution in [2.45, 2.75) is 380 Å². The molecule has 0 fully saturated rings. The Kier molecular flexibility index (Phi) is 71.2.